The number of aromatic nitrogens is 1. The van der Waals surface area contributed by atoms with Crippen LogP contribution in [0.3, 0.4) is 0 Å². The zero-order chi connectivity index (χ0) is 20.4. The molecule has 4 rings (SSSR count). The summed E-state index contributed by atoms with van der Waals surface area (Å²) in [6.07, 6.45) is 2.06. The Morgan fingerprint density at radius 1 is 1.03 bits per heavy atom. The number of ketones is 1. The van der Waals surface area contributed by atoms with Crippen molar-refractivity contribution in [2.24, 2.45) is 0 Å². The van der Waals surface area contributed by atoms with Crippen molar-refractivity contribution < 1.29 is 4.79 Å². The number of carbonyl (C=O) groups excluding carboxylic acids is 1. The lowest BCUT2D eigenvalue weighted by atomic mass is 9.83. The largest absolute Gasteiger partial charge is 0.294 e. The van der Waals surface area contributed by atoms with Crippen LogP contribution in [0.4, 0.5) is 0 Å². The number of halogens is 2. The standard InChI is InChI=1S/C25H19BrClNO/c1-16-4-2-3-5-20(16)23(17-6-8-18(26)9-7-17)15-25(29)22-12-13-28-24-14-19(27)10-11-21(22)24/h2-14,23H,15H2,1H3. The molecule has 0 aliphatic heterocycles. The van der Waals surface area contributed by atoms with Gasteiger partial charge in [0, 0.05) is 39.0 Å². The van der Waals surface area contributed by atoms with E-state index in [0.29, 0.717) is 17.0 Å². The molecule has 0 N–H and O–H groups in total. The number of pyridine rings is 1. The lowest BCUT2D eigenvalue weighted by Crippen LogP contribution is -2.11. The van der Waals surface area contributed by atoms with Crippen molar-refractivity contribution >= 4 is 44.2 Å². The first-order valence-corrected chi connectivity index (χ1v) is 10.6. The molecule has 144 valence electrons. The van der Waals surface area contributed by atoms with Crippen LogP contribution in [0.5, 0.6) is 0 Å². The molecule has 1 aromatic heterocycles. The van der Waals surface area contributed by atoms with Crippen molar-refractivity contribution in [1.82, 2.24) is 4.98 Å². The molecule has 1 unspecified atom stereocenters. The first-order chi connectivity index (χ1) is 14.0. The minimum atomic E-state index is -0.0210. The van der Waals surface area contributed by atoms with Gasteiger partial charge in [0.05, 0.1) is 5.52 Å². The van der Waals surface area contributed by atoms with E-state index in [4.69, 9.17) is 11.6 Å². The Labute approximate surface area is 183 Å². The average Bonchev–Trinajstić information content (AvgIpc) is 2.72. The van der Waals surface area contributed by atoms with E-state index >= 15 is 0 Å². The lowest BCUT2D eigenvalue weighted by molar-refractivity contribution is 0.0979. The molecule has 4 aromatic rings. The molecule has 0 bridgehead atoms. The normalized spacial score (nSPS) is 12.1. The van der Waals surface area contributed by atoms with Gasteiger partial charge in [-0.3, -0.25) is 9.78 Å². The smallest absolute Gasteiger partial charge is 0.164 e. The molecule has 3 aromatic carbocycles. The highest BCUT2D eigenvalue weighted by atomic mass is 79.9. The summed E-state index contributed by atoms with van der Waals surface area (Å²) in [5.41, 5.74) is 4.89. The fourth-order valence-corrected chi connectivity index (χ4v) is 4.17. The summed E-state index contributed by atoms with van der Waals surface area (Å²) in [5, 5.41) is 1.45. The third-order valence-electron chi connectivity index (χ3n) is 5.23. The molecule has 1 atom stereocenters. The molecular weight excluding hydrogens is 446 g/mol. The number of fused-ring (bicyclic) bond motifs is 1. The molecule has 2 nitrogen and oxygen atoms in total. The van der Waals surface area contributed by atoms with Crippen molar-refractivity contribution in [2.45, 2.75) is 19.3 Å². The Kier molecular flexibility index (Phi) is 5.79. The van der Waals surface area contributed by atoms with E-state index in [1.165, 1.54) is 11.1 Å². The van der Waals surface area contributed by atoms with Gasteiger partial charge in [-0.1, -0.05) is 70.0 Å². The second kappa shape index (κ2) is 8.48. The Bertz CT molecular complexity index is 1190. The van der Waals surface area contributed by atoms with Crippen molar-refractivity contribution in [3.8, 4) is 0 Å². The Morgan fingerprint density at radius 2 is 1.79 bits per heavy atom. The molecule has 0 fully saturated rings. The Hall–Kier alpha value is -2.49. The van der Waals surface area contributed by atoms with E-state index in [1.807, 2.05) is 30.3 Å². The third-order valence-corrected chi connectivity index (χ3v) is 5.99. The lowest BCUT2D eigenvalue weighted by Gasteiger charge is -2.20. The number of rotatable bonds is 5. The van der Waals surface area contributed by atoms with Gasteiger partial charge in [-0.2, -0.15) is 0 Å². The number of hydrogen-bond acceptors (Lipinski definition) is 2. The van der Waals surface area contributed by atoms with Crippen LogP contribution in [0.25, 0.3) is 10.9 Å². The maximum Gasteiger partial charge on any atom is 0.164 e. The number of carbonyl (C=O) groups is 1. The van der Waals surface area contributed by atoms with Crippen LogP contribution in [0, 0.1) is 6.92 Å². The molecule has 1 heterocycles. The second-order valence-electron chi connectivity index (χ2n) is 7.11. The summed E-state index contributed by atoms with van der Waals surface area (Å²) in [6, 6.07) is 23.7. The predicted molar refractivity (Wildman–Crippen MR) is 123 cm³/mol. The van der Waals surface area contributed by atoms with Crippen LogP contribution in [-0.4, -0.2) is 10.8 Å². The van der Waals surface area contributed by atoms with Crippen molar-refractivity contribution in [1.29, 1.82) is 0 Å². The number of nitrogens with zero attached hydrogens (tertiary/aromatic N) is 1. The topological polar surface area (TPSA) is 30.0 Å². The zero-order valence-corrected chi connectivity index (χ0v) is 18.2. The van der Waals surface area contributed by atoms with E-state index in [-0.39, 0.29) is 11.7 Å². The van der Waals surface area contributed by atoms with Gasteiger partial charge < -0.3 is 0 Å². The van der Waals surface area contributed by atoms with Crippen LogP contribution >= 0.6 is 27.5 Å². The third kappa shape index (κ3) is 4.26. The monoisotopic (exact) mass is 463 g/mol. The van der Waals surface area contributed by atoms with Gasteiger partial charge in [0.2, 0.25) is 0 Å². The summed E-state index contributed by atoms with van der Waals surface area (Å²) in [6.45, 7) is 2.09. The van der Waals surface area contributed by atoms with E-state index < -0.39 is 0 Å². The average molecular weight is 465 g/mol. The van der Waals surface area contributed by atoms with Gasteiger partial charge in [0.1, 0.15) is 0 Å². The molecule has 0 aliphatic rings. The van der Waals surface area contributed by atoms with E-state index in [0.717, 1.165) is 20.9 Å². The van der Waals surface area contributed by atoms with Crippen molar-refractivity contribution in [3.05, 3.63) is 111 Å². The van der Waals surface area contributed by atoms with Crippen LogP contribution in [0.2, 0.25) is 5.02 Å². The van der Waals surface area contributed by atoms with Crippen LogP contribution in [0.1, 0.15) is 39.4 Å². The minimum Gasteiger partial charge on any atom is -0.294 e. The maximum atomic E-state index is 13.4. The Balaban J connectivity index is 1.76. The number of Topliss-reactive ketones (excluding diaryl/α,β-unsaturated/α-hetero) is 1. The predicted octanol–water partition coefficient (Wildman–Crippen LogP) is 7.36. The number of hydrogen-bond donors (Lipinski definition) is 0. The van der Waals surface area contributed by atoms with E-state index in [9.17, 15) is 4.79 Å². The molecular formula is C25H19BrClNO. The molecule has 0 aliphatic carbocycles. The summed E-state index contributed by atoms with van der Waals surface area (Å²) < 4.78 is 1.02. The highest BCUT2D eigenvalue weighted by Gasteiger charge is 2.22. The zero-order valence-electron chi connectivity index (χ0n) is 15.9. The first-order valence-electron chi connectivity index (χ1n) is 9.41. The summed E-state index contributed by atoms with van der Waals surface area (Å²) >= 11 is 9.60. The number of benzene rings is 3. The molecule has 0 saturated heterocycles. The summed E-state index contributed by atoms with van der Waals surface area (Å²) in [4.78, 5) is 17.8. The second-order valence-corrected chi connectivity index (χ2v) is 8.46. The first kappa shape index (κ1) is 19.8. The van der Waals surface area contributed by atoms with E-state index in [1.54, 1.807) is 24.4 Å². The molecule has 29 heavy (non-hydrogen) atoms. The van der Waals surface area contributed by atoms with Crippen LogP contribution in [0.15, 0.2) is 83.5 Å². The van der Waals surface area contributed by atoms with Gasteiger partial charge >= 0.3 is 0 Å². The molecule has 0 amide bonds. The molecule has 4 heteroatoms. The fourth-order valence-electron chi connectivity index (χ4n) is 3.74. The fraction of sp³-hybridized carbons (Fsp3) is 0.120. The van der Waals surface area contributed by atoms with Gasteiger partial charge in [-0.25, -0.2) is 0 Å². The van der Waals surface area contributed by atoms with Crippen LogP contribution < -0.4 is 0 Å². The molecule has 0 radical (unpaired) electrons. The van der Waals surface area contributed by atoms with Gasteiger partial charge in [0.25, 0.3) is 0 Å². The Morgan fingerprint density at radius 3 is 2.55 bits per heavy atom. The highest BCUT2D eigenvalue weighted by Crippen LogP contribution is 2.33. The summed E-state index contributed by atoms with van der Waals surface area (Å²) in [5.74, 6) is 0.0724. The van der Waals surface area contributed by atoms with Crippen molar-refractivity contribution in [2.75, 3.05) is 0 Å². The SMILES string of the molecule is Cc1ccccc1C(CC(=O)c1ccnc2cc(Cl)ccc12)c1ccc(Br)cc1. The minimum absolute atomic E-state index is 0.0210. The quantitative estimate of drug-likeness (QED) is 0.289. The molecule has 0 saturated carbocycles. The highest BCUT2D eigenvalue weighted by molar-refractivity contribution is 9.10. The number of aryl methyl sites for hydroxylation is 1. The summed E-state index contributed by atoms with van der Waals surface area (Å²) in [7, 11) is 0. The van der Waals surface area contributed by atoms with Gasteiger partial charge in [0.15, 0.2) is 5.78 Å². The van der Waals surface area contributed by atoms with Gasteiger partial charge in [-0.15, -0.1) is 0 Å². The molecule has 0 spiro atoms. The maximum absolute atomic E-state index is 13.4. The van der Waals surface area contributed by atoms with E-state index in [2.05, 4.69) is 52.1 Å². The van der Waals surface area contributed by atoms with Crippen LogP contribution in [-0.2, 0) is 0 Å². The van der Waals surface area contributed by atoms with Crippen molar-refractivity contribution in [3.63, 3.8) is 0 Å². The van der Waals surface area contributed by atoms with Gasteiger partial charge in [-0.05, 0) is 53.9 Å².